The van der Waals surface area contributed by atoms with Gasteiger partial charge < -0.3 is 75.0 Å². The van der Waals surface area contributed by atoms with E-state index in [0.717, 1.165) is 6.42 Å². The Morgan fingerprint density at radius 3 is 2.19 bits per heavy atom. The smallest absolute Gasteiger partial charge is 0.308 e. The van der Waals surface area contributed by atoms with Gasteiger partial charge in [0.2, 0.25) is 0 Å². The van der Waals surface area contributed by atoms with E-state index in [2.05, 4.69) is 10.6 Å². The Labute approximate surface area is 341 Å². The highest BCUT2D eigenvalue weighted by atomic mass is 16.7. The minimum atomic E-state index is -1.76. The number of hydrogen-bond donors (Lipinski definition) is 9. The zero-order chi connectivity index (χ0) is 43.8. The predicted molar refractivity (Wildman–Crippen MR) is 215 cm³/mol. The van der Waals surface area contributed by atoms with E-state index in [1.165, 1.54) is 21.0 Å². The third kappa shape index (κ3) is 12.7. The first-order chi connectivity index (χ1) is 26.2. The first kappa shape index (κ1) is 52.0. The van der Waals surface area contributed by atoms with Crippen molar-refractivity contribution in [1.29, 1.82) is 0 Å². The van der Waals surface area contributed by atoms with Crippen LogP contribution < -0.4 is 10.6 Å². The molecule has 2 aliphatic rings. The second-order valence-electron chi connectivity index (χ2n) is 18.1. The van der Waals surface area contributed by atoms with Crippen molar-refractivity contribution in [3.05, 3.63) is 0 Å². The summed E-state index contributed by atoms with van der Waals surface area (Å²) in [7, 11) is 5.21. The topological polar surface area (TPSA) is 232 Å². The van der Waals surface area contributed by atoms with Crippen molar-refractivity contribution in [3.8, 4) is 0 Å². The van der Waals surface area contributed by atoms with E-state index in [4.69, 9.17) is 23.7 Å². The van der Waals surface area contributed by atoms with E-state index in [1.807, 2.05) is 39.8 Å². The molecule has 0 amide bonds. The van der Waals surface area contributed by atoms with Crippen LogP contribution in [-0.2, 0) is 28.5 Å². The summed E-state index contributed by atoms with van der Waals surface area (Å²) in [6.07, 6.45) is -7.23. The van der Waals surface area contributed by atoms with Gasteiger partial charge in [-0.2, -0.15) is 0 Å². The number of aliphatic hydroxyl groups excluding tert-OH is 3. The van der Waals surface area contributed by atoms with Crippen LogP contribution in [0.2, 0.25) is 0 Å². The van der Waals surface area contributed by atoms with Crippen LogP contribution >= 0.6 is 0 Å². The molecule has 2 aliphatic heterocycles. The fourth-order valence-electron chi connectivity index (χ4n) is 8.77. The summed E-state index contributed by atoms with van der Waals surface area (Å²) in [5.41, 5.74) is -6.02. The van der Waals surface area contributed by atoms with Crippen LogP contribution in [0, 0.1) is 17.8 Å². The Bertz CT molecular complexity index is 1210. The zero-order valence-electron chi connectivity index (χ0n) is 37.3. The Kier molecular flexibility index (Phi) is 19.7. The number of carboxylic acid groups (broad SMARTS) is 1. The number of hydrogen-bond acceptors (Lipinski definition) is 15. The molecule has 0 spiro atoms. The van der Waals surface area contributed by atoms with Gasteiger partial charge in [0.25, 0.3) is 0 Å². The molecule has 0 saturated carbocycles. The molecule has 57 heavy (non-hydrogen) atoms. The molecule has 0 aromatic heterocycles. The summed E-state index contributed by atoms with van der Waals surface area (Å²) >= 11 is 0. The van der Waals surface area contributed by atoms with Crippen molar-refractivity contribution in [2.45, 2.75) is 198 Å². The number of aliphatic carboxylic acids is 1. The van der Waals surface area contributed by atoms with Gasteiger partial charge in [0, 0.05) is 38.1 Å². The van der Waals surface area contributed by atoms with Crippen molar-refractivity contribution in [1.82, 2.24) is 15.5 Å². The van der Waals surface area contributed by atoms with Gasteiger partial charge >= 0.3 is 5.97 Å². The maximum absolute atomic E-state index is 12.7. The molecule has 2 rings (SSSR count). The molecule has 16 nitrogen and oxygen atoms in total. The molecule has 0 unspecified atom stereocenters. The fraction of sp³-hybridized carbons (Fsp3) is 0.976. The van der Waals surface area contributed by atoms with Crippen molar-refractivity contribution < 1.29 is 64.2 Å². The Hall–Kier alpha value is -1.09. The highest BCUT2D eigenvalue weighted by molar-refractivity contribution is 5.70. The van der Waals surface area contributed by atoms with Crippen molar-refractivity contribution in [3.63, 3.8) is 0 Å². The number of ether oxygens (including phenoxy) is 5. The Morgan fingerprint density at radius 1 is 1.05 bits per heavy atom. The lowest BCUT2D eigenvalue weighted by Crippen LogP contribution is -2.70. The van der Waals surface area contributed by atoms with Crippen LogP contribution in [0.25, 0.3) is 0 Å². The van der Waals surface area contributed by atoms with E-state index >= 15 is 0 Å². The zero-order valence-corrected chi connectivity index (χ0v) is 37.3. The largest absolute Gasteiger partial charge is 0.481 e. The quantitative estimate of drug-likeness (QED) is 0.0628. The normalized spacial score (nSPS) is 35.0. The molecule has 0 radical (unpaired) electrons. The summed E-state index contributed by atoms with van der Waals surface area (Å²) in [5.74, 6) is -3.38. The van der Waals surface area contributed by atoms with Crippen LogP contribution in [0.15, 0.2) is 0 Å². The maximum Gasteiger partial charge on any atom is 0.308 e. The average Bonchev–Trinajstić information content (AvgIpc) is 3.13. The van der Waals surface area contributed by atoms with E-state index in [9.17, 15) is 40.5 Å². The van der Waals surface area contributed by atoms with Crippen molar-refractivity contribution in [2.24, 2.45) is 17.8 Å². The summed E-state index contributed by atoms with van der Waals surface area (Å²) < 4.78 is 31.6. The molecule has 0 aromatic carbocycles. The van der Waals surface area contributed by atoms with E-state index in [1.54, 1.807) is 41.5 Å². The molecule has 338 valence electrons. The lowest BCUT2D eigenvalue weighted by atomic mass is 9.75. The first-order valence-electron chi connectivity index (χ1n) is 21.0. The van der Waals surface area contributed by atoms with Crippen LogP contribution in [-0.4, -0.2) is 177 Å². The van der Waals surface area contributed by atoms with Gasteiger partial charge in [-0.05, 0) is 107 Å². The Morgan fingerprint density at radius 2 is 1.67 bits per heavy atom. The van der Waals surface area contributed by atoms with Gasteiger partial charge in [0.1, 0.15) is 22.9 Å². The summed E-state index contributed by atoms with van der Waals surface area (Å²) in [6.45, 7) is 20.1. The third-order valence-electron chi connectivity index (χ3n) is 12.8. The molecule has 0 bridgehead atoms. The maximum atomic E-state index is 12.7. The second-order valence-corrected chi connectivity index (χ2v) is 18.1. The van der Waals surface area contributed by atoms with Gasteiger partial charge in [-0.1, -0.05) is 27.7 Å². The fourth-order valence-corrected chi connectivity index (χ4v) is 8.77. The third-order valence-corrected chi connectivity index (χ3v) is 12.8. The molecule has 2 saturated heterocycles. The van der Waals surface area contributed by atoms with Gasteiger partial charge in [0.15, 0.2) is 12.6 Å². The number of likely N-dealkylation sites (N-methyl/N-ethyl adjacent to an activating group) is 1. The summed E-state index contributed by atoms with van der Waals surface area (Å²) in [4.78, 5) is 14.6. The van der Waals surface area contributed by atoms with Crippen LogP contribution in [0.1, 0.15) is 108 Å². The first-order valence-corrected chi connectivity index (χ1v) is 21.0. The molecule has 18 atom stereocenters. The lowest BCUT2D eigenvalue weighted by Gasteiger charge is -2.53. The van der Waals surface area contributed by atoms with Crippen molar-refractivity contribution in [2.75, 3.05) is 40.8 Å². The summed E-state index contributed by atoms with van der Waals surface area (Å²) in [6, 6.07) is -0.946. The average molecular weight is 824 g/mol. The number of nitrogens with zero attached hydrogens (tertiary/aromatic N) is 1. The monoisotopic (exact) mass is 824 g/mol. The van der Waals surface area contributed by atoms with E-state index in [0.29, 0.717) is 19.5 Å². The minimum absolute atomic E-state index is 0.0665. The van der Waals surface area contributed by atoms with Gasteiger partial charge in [-0.3, -0.25) is 4.79 Å². The second kappa shape index (κ2) is 21.6. The molecule has 0 aromatic rings. The van der Waals surface area contributed by atoms with Gasteiger partial charge in [0.05, 0.1) is 48.1 Å². The Balaban J connectivity index is 2.51. The molecule has 16 heteroatoms. The van der Waals surface area contributed by atoms with Crippen molar-refractivity contribution >= 4 is 5.97 Å². The number of aliphatic hydroxyl groups is 6. The number of methoxy groups -OCH3 is 1. The van der Waals surface area contributed by atoms with Crippen LogP contribution in [0.4, 0.5) is 0 Å². The van der Waals surface area contributed by atoms with E-state index < -0.39 is 95.5 Å². The standard InChI is InChI=1S/C41H81N3O13/c1-15-17-42-22-41(52)28(8)55-31(20-39(41,10)53-14)56-33(26(6)36(48)49)25(5)35(57-37-32(46)29(44(12)13)18-24(4)54-37)38(9,50)19-23(3)21-43-27(7)34(47)40(11,51)30(45)16-2/h23-35,37,42-43,45-47,50-52H,15-22H2,1-14H3,(H,48,49)/t23-,24-,25+,26-,27-,28+,29+,30-,31+,32-,33+,34-,35-,37+,38-,39-,40-,41+/m1/s1. The highest BCUT2D eigenvalue weighted by Crippen LogP contribution is 2.43. The molecule has 9 N–H and O–H groups in total. The SMILES string of the molecule is CCCNC[C@]1(O)[C@H](C)O[C@@H](O[C@@H]([C@H](C)[C@@H](O[C@@H]2O[C@H](C)C[C@H](N(C)C)[C@H]2O)[C@](C)(O)C[C@@H](C)CN[C@H](C)[C@@H](O)[C@](C)(O)[C@H](O)CC)[C@@H](C)C(=O)O)C[C@@]1(C)OC. The number of rotatable bonds is 24. The number of carbonyl (C=O) groups is 1. The molecule has 2 heterocycles. The van der Waals surface area contributed by atoms with E-state index in [-0.39, 0.29) is 43.9 Å². The molecule has 2 fully saturated rings. The number of nitrogens with one attached hydrogen (secondary N) is 2. The summed E-state index contributed by atoms with van der Waals surface area (Å²) in [5, 5.41) is 84.8. The molecular formula is C41H81N3O13. The number of carboxylic acids is 1. The van der Waals surface area contributed by atoms with Gasteiger partial charge in [-0.25, -0.2) is 0 Å². The predicted octanol–water partition coefficient (Wildman–Crippen LogP) is 1.45. The minimum Gasteiger partial charge on any atom is -0.481 e. The van der Waals surface area contributed by atoms with Crippen LogP contribution in [0.5, 0.6) is 0 Å². The van der Waals surface area contributed by atoms with Gasteiger partial charge in [-0.15, -0.1) is 0 Å². The molecule has 0 aliphatic carbocycles. The lowest BCUT2D eigenvalue weighted by molar-refractivity contribution is -0.336. The molecular weight excluding hydrogens is 742 g/mol. The highest BCUT2D eigenvalue weighted by Gasteiger charge is 2.58. The van der Waals surface area contributed by atoms with Crippen LogP contribution in [0.3, 0.4) is 0 Å².